The van der Waals surface area contributed by atoms with E-state index in [9.17, 15) is 14.4 Å². The van der Waals surface area contributed by atoms with Crippen LogP contribution in [0, 0.1) is 11.8 Å². The molecule has 7 heteroatoms. The number of hydrogen-bond acceptors (Lipinski definition) is 5. The summed E-state index contributed by atoms with van der Waals surface area (Å²) in [4.78, 5) is 37.9. The lowest BCUT2D eigenvalue weighted by atomic mass is 9.85. The molecule has 1 aromatic heterocycles. The van der Waals surface area contributed by atoms with Crippen LogP contribution in [0.2, 0.25) is 0 Å². The van der Waals surface area contributed by atoms with Crippen molar-refractivity contribution in [3.05, 3.63) is 17.5 Å². The van der Waals surface area contributed by atoms with Gasteiger partial charge in [0.2, 0.25) is 0 Å². The molecule has 1 aliphatic carbocycles. The van der Waals surface area contributed by atoms with Crippen molar-refractivity contribution in [2.75, 3.05) is 0 Å². The summed E-state index contributed by atoms with van der Waals surface area (Å²) in [6.45, 7) is 5.61. The second-order valence-corrected chi connectivity index (χ2v) is 7.23. The Labute approximate surface area is 140 Å². The number of nitrogens with zero attached hydrogens (tertiary/aromatic N) is 2. The van der Waals surface area contributed by atoms with Gasteiger partial charge in [-0.05, 0) is 37.5 Å². The van der Waals surface area contributed by atoms with Crippen molar-refractivity contribution in [3.63, 3.8) is 0 Å². The Morgan fingerprint density at radius 2 is 2.17 bits per heavy atom. The second-order valence-electron chi connectivity index (χ2n) is 7.23. The molecular weight excluding hydrogens is 310 g/mol. The SMILES string of the molecule is CC(=O)c1cc(CN2C(=O)N[C@](CCC(C)C)(C3CC3)C2=O)on1. The molecule has 0 unspecified atom stereocenters. The topological polar surface area (TPSA) is 92.5 Å². The third-order valence-corrected chi connectivity index (χ3v) is 4.83. The molecule has 0 bridgehead atoms. The molecule has 130 valence electrons. The molecule has 1 N–H and O–H groups in total. The first kappa shape index (κ1) is 16.7. The Kier molecular flexibility index (Phi) is 4.19. The largest absolute Gasteiger partial charge is 0.359 e. The Balaban J connectivity index is 1.78. The van der Waals surface area contributed by atoms with Crippen LogP contribution in [0.25, 0.3) is 0 Å². The molecule has 1 aliphatic heterocycles. The van der Waals surface area contributed by atoms with Crippen molar-refractivity contribution < 1.29 is 18.9 Å². The number of amides is 3. The van der Waals surface area contributed by atoms with E-state index in [0.717, 1.165) is 19.3 Å². The summed E-state index contributed by atoms with van der Waals surface area (Å²) in [5.41, 5.74) is -0.574. The van der Waals surface area contributed by atoms with Gasteiger partial charge in [-0.1, -0.05) is 19.0 Å². The predicted molar refractivity (Wildman–Crippen MR) is 85.1 cm³/mol. The molecule has 3 rings (SSSR count). The maximum Gasteiger partial charge on any atom is 0.325 e. The van der Waals surface area contributed by atoms with Gasteiger partial charge in [-0.3, -0.25) is 14.5 Å². The van der Waals surface area contributed by atoms with Crippen LogP contribution < -0.4 is 5.32 Å². The molecule has 1 saturated carbocycles. The Bertz CT molecular complexity index is 677. The van der Waals surface area contributed by atoms with E-state index in [1.807, 2.05) is 0 Å². The first-order valence-electron chi connectivity index (χ1n) is 8.44. The number of rotatable bonds is 7. The molecule has 3 amide bonds. The van der Waals surface area contributed by atoms with Crippen molar-refractivity contribution in [1.29, 1.82) is 0 Å². The van der Waals surface area contributed by atoms with E-state index >= 15 is 0 Å². The molecule has 2 aliphatic rings. The lowest BCUT2D eigenvalue weighted by Crippen LogP contribution is -2.49. The molecule has 7 nitrogen and oxygen atoms in total. The number of nitrogens with one attached hydrogen (secondary N) is 1. The van der Waals surface area contributed by atoms with Gasteiger partial charge in [-0.15, -0.1) is 0 Å². The van der Waals surface area contributed by atoms with Gasteiger partial charge in [0.25, 0.3) is 5.91 Å². The van der Waals surface area contributed by atoms with Gasteiger partial charge in [0, 0.05) is 13.0 Å². The number of urea groups is 1. The summed E-state index contributed by atoms with van der Waals surface area (Å²) in [5, 5.41) is 6.60. The molecule has 2 heterocycles. The van der Waals surface area contributed by atoms with Gasteiger partial charge >= 0.3 is 6.03 Å². The molecule has 24 heavy (non-hydrogen) atoms. The van der Waals surface area contributed by atoms with E-state index < -0.39 is 11.6 Å². The Morgan fingerprint density at radius 1 is 1.46 bits per heavy atom. The summed E-state index contributed by atoms with van der Waals surface area (Å²) >= 11 is 0. The van der Waals surface area contributed by atoms with Crippen molar-refractivity contribution in [2.45, 2.75) is 58.5 Å². The number of imide groups is 1. The van der Waals surface area contributed by atoms with E-state index in [1.54, 1.807) is 0 Å². The second kappa shape index (κ2) is 6.03. The van der Waals surface area contributed by atoms with Crippen LogP contribution in [0.3, 0.4) is 0 Å². The van der Waals surface area contributed by atoms with Crippen molar-refractivity contribution in [1.82, 2.24) is 15.4 Å². The zero-order valence-electron chi connectivity index (χ0n) is 14.3. The molecule has 0 radical (unpaired) electrons. The van der Waals surface area contributed by atoms with E-state index in [-0.39, 0.29) is 29.8 Å². The Hall–Kier alpha value is -2.18. The highest BCUT2D eigenvalue weighted by molar-refractivity contribution is 6.07. The lowest BCUT2D eigenvalue weighted by molar-refractivity contribution is -0.133. The number of Topliss-reactive ketones (excluding diaryl/α,β-unsaturated/α-hetero) is 1. The quantitative estimate of drug-likeness (QED) is 0.611. The number of ketones is 1. The maximum absolute atomic E-state index is 13.0. The average molecular weight is 333 g/mol. The summed E-state index contributed by atoms with van der Waals surface area (Å²) in [5.74, 6) is 0.619. The normalized spacial score (nSPS) is 23.9. The summed E-state index contributed by atoms with van der Waals surface area (Å²) in [7, 11) is 0. The Morgan fingerprint density at radius 3 is 2.71 bits per heavy atom. The van der Waals surface area contributed by atoms with Crippen LogP contribution >= 0.6 is 0 Å². The van der Waals surface area contributed by atoms with Gasteiger partial charge in [0.05, 0.1) is 6.54 Å². The molecule has 2 fully saturated rings. The molecule has 0 spiro atoms. The van der Waals surface area contributed by atoms with E-state index in [0.29, 0.717) is 18.1 Å². The summed E-state index contributed by atoms with van der Waals surface area (Å²) in [6, 6.07) is 1.09. The van der Waals surface area contributed by atoms with Crippen molar-refractivity contribution in [3.8, 4) is 0 Å². The number of hydrogen-bond donors (Lipinski definition) is 1. The van der Waals surface area contributed by atoms with Crippen LogP contribution in [-0.4, -0.2) is 33.3 Å². The van der Waals surface area contributed by atoms with Crippen molar-refractivity contribution in [2.24, 2.45) is 11.8 Å². The smallest absolute Gasteiger partial charge is 0.325 e. The third kappa shape index (κ3) is 2.95. The fourth-order valence-electron chi connectivity index (χ4n) is 3.24. The number of carbonyl (C=O) groups excluding carboxylic acids is 3. The molecular formula is C17H23N3O4. The minimum absolute atomic E-state index is 0.00109. The first-order chi connectivity index (χ1) is 11.3. The number of aromatic nitrogens is 1. The highest BCUT2D eigenvalue weighted by Crippen LogP contribution is 2.46. The summed E-state index contributed by atoms with van der Waals surface area (Å²) in [6.07, 6.45) is 3.47. The van der Waals surface area contributed by atoms with E-state index in [4.69, 9.17) is 4.52 Å². The molecule has 1 atom stereocenters. The van der Waals surface area contributed by atoms with E-state index in [2.05, 4.69) is 24.3 Å². The lowest BCUT2D eigenvalue weighted by Gasteiger charge is -2.27. The summed E-state index contributed by atoms with van der Waals surface area (Å²) < 4.78 is 5.08. The standard InChI is InChI=1S/C17H23N3O4/c1-10(2)6-7-17(12-4-5-12)15(22)20(16(23)18-17)9-13-8-14(11(3)21)19-24-13/h8,10,12H,4-7,9H2,1-3H3,(H,18,23)/t17-/m1/s1. The monoisotopic (exact) mass is 333 g/mol. The van der Waals surface area contributed by atoms with Crippen LogP contribution in [-0.2, 0) is 11.3 Å². The number of carbonyl (C=O) groups is 3. The minimum Gasteiger partial charge on any atom is -0.359 e. The van der Waals surface area contributed by atoms with Crippen LogP contribution in [0.5, 0.6) is 0 Å². The van der Waals surface area contributed by atoms with Gasteiger partial charge < -0.3 is 9.84 Å². The zero-order valence-corrected chi connectivity index (χ0v) is 14.3. The highest BCUT2D eigenvalue weighted by atomic mass is 16.5. The minimum atomic E-state index is -0.773. The maximum atomic E-state index is 13.0. The predicted octanol–water partition coefficient (Wildman–Crippen LogP) is 2.51. The fourth-order valence-corrected chi connectivity index (χ4v) is 3.24. The molecule has 0 aromatic carbocycles. The highest BCUT2D eigenvalue weighted by Gasteiger charge is 2.58. The van der Waals surface area contributed by atoms with Crippen LogP contribution in [0.4, 0.5) is 4.79 Å². The molecule has 1 aromatic rings. The van der Waals surface area contributed by atoms with Gasteiger partial charge in [-0.2, -0.15) is 0 Å². The van der Waals surface area contributed by atoms with Crippen molar-refractivity contribution >= 4 is 17.7 Å². The van der Waals surface area contributed by atoms with Gasteiger partial charge in [0.1, 0.15) is 11.2 Å². The fraction of sp³-hybridized carbons (Fsp3) is 0.647. The van der Waals surface area contributed by atoms with Crippen LogP contribution in [0.15, 0.2) is 10.6 Å². The van der Waals surface area contributed by atoms with Gasteiger partial charge in [-0.25, -0.2) is 4.79 Å². The first-order valence-corrected chi connectivity index (χ1v) is 8.44. The molecule has 1 saturated heterocycles. The van der Waals surface area contributed by atoms with E-state index in [1.165, 1.54) is 17.9 Å². The van der Waals surface area contributed by atoms with Crippen LogP contribution in [0.1, 0.15) is 62.7 Å². The third-order valence-electron chi connectivity index (χ3n) is 4.83. The average Bonchev–Trinajstić information content (AvgIpc) is 3.21. The van der Waals surface area contributed by atoms with Gasteiger partial charge in [0.15, 0.2) is 11.5 Å². The zero-order chi connectivity index (χ0) is 17.5.